The van der Waals surface area contributed by atoms with Crippen molar-refractivity contribution in [2.45, 2.75) is 52.6 Å². The lowest BCUT2D eigenvalue weighted by atomic mass is 10.2. The number of carbonyl (C=O) groups is 1. The Labute approximate surface area is 150 Å². The molecule has 1 aromatic heterocycles. The van der Waals surface area contributed by atoms with Crippen LogP contribution in [0.5, 0.6) is 0 Å². The van der Waals surface area contributed by atoms with Gasteiger partial charge >= 0.3 is 0 Å². The third kappa shape index (κ3) is 3.64. The molecule has 1 heterocycles. The van der Waals surface area contributed by atoms with Crippen molar-refractivity contribution in [1.29, 1.82) is 0 Å². The Bertz CT molecular complexity index is 773. The molecule has 1 N–H and O–H groups in total. The van der Waals surface area contributed by atoms with Crippen LogP contribution >= 0.6 is 0 Å². The van der Waals surface area contributed by atoms with E-state index in [1.807, 2.05) is 25.1 Å². The summed E-state index contributed by atoms with van der Waals surface area (Å²) >= 11 is 0. The lowest BCUT2D eigenvalue weighted by Crippen LogP contribution is -2.41. The molecule has 25 heavy (non-hydrogen) atoms. The second-order valence-corrected chi connectivity index (χ2v) is 7.36. The normalized spacial score (nSPS) is 15.4. The van der Waals surface area contributed by atoms with Gasteiger partial charge in [0.25, 0.3) is 5.91 Å². The summed E-state index contributed by atoms with van der Waals surface area (Å²) in [6.45, 7) is 9.03. The van der Waals surface area contributed by atoms with E-state index in [9.17, 15) is 4.79 Å². The summed E-state index contributed by atoms with van der Waals surface area (Å²) in [6.07, 6.45) is 2.57. The van der Waals surface area contributed by atoms with Crippen LogP contribution in [0.2, 0.25) is 0 Å². The van der Waals surface area contributed by atoms with E-state index in [2.05, 4.69) is 54.7 Å². The fraction of sp³-hybridized carbons (Fsp3) is 0.476. The number of aryl methyl sites for hydroxylation is 2. The van der Waals surface area contributed by atoms with E-state index in [0.717, 1.165) is 22.6 Å². The number of amides is 1. The Hall–Kier alpha value is -2.07. The Balaban J connectivity index is 1.75. The number of carbonyl (C=O) groups excluding carboxylic acids is 1. The van der Waals surface area contributed by atoms with Crippen molar-refractivity contribution in [2.24, 2.45) is 0 Å². The maximum Gasteiger partial charge on any atom is 0.253 e. The minimum atomic E-state index is 0.0176. The van der Waals surface area contributed by atoms with Crippen molar-refractivity contribution in [2.75, 3.05) is 13.6 Å². The van der Waals surface area contributed by atoms with Crippen LogP contribution in [0.25, 0.3) is 5.69 Å². The number of benzene rings is 1. The highest BCUT2D eigenvalue weighted by atomic mass is 16.1. The van der Waals surface area contributed by atoms with Crippen LogP contribution in [-0.2, 0) is 0 Å². The predicted octanol–water partition coefficient (Wildman–Crippen LogP) is 3.62. The van der Waals surface area contributed by atoms with Crippen molar-refractivity contribution in [3.05, 3.63) is 52.8 Å². The molecule has 1 saturated carbocycles. The van der Waals surface area contributed by atoms with Gasteiger partial charge in [-0.1, -0.05) is 18.2 Å². The molecule has 134 valence electrons. The first-order chi connectivity index (χ1) is 11.9. The number of likely N-dealkylation sites (N-methyl/N-ethyl adjacent to an activating group) is 1. The van der Waals surface area contributed by atoms with Crippen molar-refractivity contribution in [1.82, 2.24) is 14.8 Å². The van der Waals surface area contributed by atoms with Crippen molar-refractivity contribution in [3.8, 4) is 5.69 Å². The van der Waals surface area contributed by atoms with Gasteiger partial charge in [0.05, 0.1) is 5.56 Å². The fourth-order valence-corrected chi connectivity index (χ4v) is 3.50. The molecule has 2 aromatic rings. The minimum Gasteiger partial charge on any atom is -0.350 e. The van der Waals surface area contributed by atoms with Crippen LogP contribution in [-0.4, -0.2) is 41.1 Å². The average Bonchev–Trinajstić information content (AvgIpc) is 3.39. The highest BCUT2D eigenvalue weighted by Gasteiger charge is 2.29. The first kappa shape index (κ1) is 17.7. The van der Waals surface area contributed by atoms with Gasteiger partial charge < -0.3 is 9.88 Å². The molecule has 0 saturated heterocycles. The van der Waals surface area contributed by atoms with Crippen LogP contribution in [0, 0.1) is 20.8 Å². The maximum absolute atomic E-state index is 12.7. The topological polar surface area (TPSA) is 37.3 Å². The van der Waals surface area contributed by atoms with Gasteiger partial charge in [0.2, 0.25) is 0 Å². The Morgan fingerprint density at radius 3 is 2.60 bits per heavy atom. The SMILES string of the molecule is Cc1ccccc1-n1c(C)cc(C(=O)NCC(C)N(C)C2CC2)c1C. The molecule has 0 radical (unpaired) electrons. The zero-order valence-electron chi connectivity index (χ0n) is 16.0. The van der Waals surface area contributed by atoms with Crippen LogP contribution in [0.3, 0.4) is 0 Å². The van der Waals surface area contributed by atoms with Crippen molar-refractivity contribution in [3.63, 3.8) is 0 Å². The first-order valence-electron chi connectivity index (χ1n) is 9.15. The molecule has 1 fully saturated rings. The van der Waals surface area contributed by atoms with E-state index >= 15 is 0 Å². The summed E-state index contributed by atoms with van der Waals surface area (Å²) in [6, 6.07) is 11.3. The van der Waals surface area contributed by atoms with Gasteiger partial charge in [-0.15, -0.1) is 0 Å². The highest BCUT2D eigenvalue weighted by Crippen LogP contribution is 2.27. The molecule has 4 nitrogen and oxygen atoms in total. The van der Waals surface area contributed by atoms with Crippen molar-refractivity contribution < 1.29 is 4.79 Å². The maximum atomic E-state index is 12.7. The van der Waals surface area contributed by atoms with Crippen LogP contribution in [0.15, 0.2) is 30.3 Å². The molecule has 1 atom stereocenters. The number of rotatable bonds is 6. The van der Waals surface area contributed by atoms with E-state index in [0.29, 0.717) is 18.6 Å². The Morgan fingerprint density at radius 1 is 1.28 bits per heavy atom. The van der Waals surface area contributed by atoms with Crippen molar-refractivity contribution >= 4 is 5.91 Å². The van der Waals surface area contributed by atoms with Gasteiger partial charge in [-0.3, -0.25) is 9.69 Å². The van der Waals surface area contributed by atoms with Gasteiger partial charge in [0.15, 0.2) is 0 Å². The third-order valence-electron chi connectivity index (χ3n) is 5.41. The predicted molar refractivity (Wildman–Crippen MR) is 103 cm³/mol. The van der Waals surface area contributed by atoms with Crippen LogP contribution in [0.4, 0.5) is 0 Å². The largest absolute Gasteiger partial charge is 0.350 e. The molecule has 4 heteroatoms. The van der Waals surface area contributed by atoms with Gasteiger partial charge in [-0.2, -0.15) is 0 Å². The molecule has 1 aromatic carbocycles. The van der Waals surface area contributed by atoms with Crippen LogP contribution in [0.1, 0.15) is 47.1 Å². The summed E-state index contributed by atoms with van der Waals surface area (Å²) in [5.74, 6) is 0.0176. The average molecular weight is 339 g/mol. The monoisotopic (exact) mass is 339 g/mol. The highest BCUT2D eigenvalue weighted by molar-refractivity contribution is 5.96. The molecule has 0 spiro atoms. The summed E-state index contributed by atoms with van der Waals surface area (Å²) < 4.78 is 2.17. The summed E-state index contributed by atoms with van der Waals surface area (Å²) in [7, 11) is 2.15. The number of para-hydroxylation sites is 1. The standard InChI is InChI=1S/C21H29N3O/c1-14-8-6-7-9-20(14)24-15(2)12-19(17(24)4)21(25)22-13-16(3)23(5)18-10-11-18/h6-9,12,16,18H,10-11,13H2,1-5H3,(H,22,25). The number of nitrogens with one attached hydrogen (secondary N) is 1. The molecular formula is C21H29N3O. The lowest BCUT2D eigenvalue weighted by Gasteiger charge is -2.24. The molecular weight excluding hydrogens is 310 g/mol. The zero-order valence-corrected chi connectivity index (χ0v) is 16.0. The molecule has 1 aliphatic carbocycles. The number of hydrogen-bond donors (Lipinski definition) is 1. The summed E-state index contributed by atoms with van der Waals surface area (Å²) in [4.78, 5) is 15.1. The minimum absolute atomic E-state index is 0.0176. The second kappa shape index (κ2) is 7.04. The van der Waals surface area contributed by atoms with Crippen LogP contribution < -0.4 is 5.32 Å². The summed E-state index contributed by atoms with van der Waals surface area (Å²) in [5, 5.41) is 3.12. The molecule has 1 amide bonds. The third-order valence-corrected chi connectivity index (χ3v) is 5.41. The molecule has 1 aliphatic rings. The van der Waals surface area contributed by atoms with Gasteiger partial charge in [0.1, 0.15) is 0 Å². The molecule has 3 rings (SSSR count). The number of hydrogen-bond acceptors (Lipinski definition) is 2. The van der Waals surface area contributed by atoms with Gasteiger partial charge in [-0.25, -0.2) is 0 Å². The Kier molecular flexibility index (Phi) is 5.00. The van der Waals surface area contributed by atoms with E-state index in [1.54, 1.807) is 0 Å². The second-order valence-electron chi connectivity index (χ2n) is 7.36. The van der Waals surface area contributed by atoms with E-state index < -0.39 is 0 Å². The van der Waals surface area contributed by atoms with Gasteiger partial charge in [-0.05, 0) is 65.3 Å². The van der Waals surface area contributed by atoms with E-state index in [-0.39, 0.29) is 5.91 Å². The lowest BCUT2D eigenvalue weighted by molar-refractivity contribution is 0.0939. The van der Waals surface area contributed by atoms with E-state index in [4.69, 9.17) is 0 Å². The summed E-state index contributed by atoms with van der Waals surface area (Å²) in [5.41, 5.74) is 5.18. The van der Waals surface area contributed by atoms with Gasteiger partial charge in [0, 0.05) is 35.7 Å². The fourth-order valence-electron chi connectivity index (χ4n) is 3.50. The number of aromatic nitrogens is 1. The Morgan fingerprint density at radius 2 is 1.96 bits per heavy atom. The molecule has 0 bridgehead atoms. The molecule has 0 aliphatic heterocycles. The number of nitrogens with zero attached hydrogens (tertiary/aromatic N) is 2. The zero-order chi connectivity index (χ0) is 18.1. The quantitative estimate of drug-likeness (QED) is 0.873. The van der Waals surface area contributed by atoms with E-state index in [1.165, 1.54) is 18.4 Å². The first-order valence-corrected chi connectivity index (χ1v) is 9.15. The smallest absolute Gasteiger partial charge is 0.253 e. The molecule has 1 unspecified atom stereocenters.